The maximum atomic E-state index is 11.2. The first-order chi connectivity index (χ1) is 7.39. The van der Waals surface area contributed by atoms with Crippen molar-refractivity contribution in [3.63, 3.8) is 0 Å². The van der Waals surface area contributed by atoms with Gasteiger partial charge in [-0.1, -0.05) is 12.1 Å². The molecule has 0 heterocycles. The maximum absolute atomic E-state index is 11.2. The number of sulfone groups is 1. The largest absolute Gasteiger partial charge is 0.346 e. The van der Waals surface area contributed by atoms with Gasteiger partial charge in [0.1, 0.15) is 0 Å². The molecule has 0 radical (unpaired) electrons. The number of carbonyl (C=O) groups is 1. The van der Waals surface area contributed by atoms with Crippen molar-refractivity contribution >= 4 is 30.6 Å². The zero-order chi connectivity index (χ0) is 12.2. The first-order valence-electron chi connectivity index (χ1n) is 4.62. The Bertz CT molecular complexity index is 467. The van der Waals surface area contributed by atoms with Crippen LogP contribution in [0, 0.1) is 0 Å². The lowest BCUT2D eigenvalue weighted by Crippen LogP contribution is -2.18. The average Bonchev–Trinajstić information content (AvgIpc) is 2.16. The highest BCUT2D eigenvalue weighted by Crippen LogP contribution is 2.10. The van der Waals surface area contributed by atoms with Crippen molar-refractivity contribution in [1.29, 1.82) is 0 Å². The van der Waals surface area contributed by atoms with Gasteiger partial charge in [0.05, 0.1) is 4.90 Å². The van der Waals surface area contributed by atoms with E-state index in [2.05, 4.69) is 21.2 Å². The molecule has 1 N–H and O–H groups in total. The molecule has 6 heteroatoms. The van der Waals surface area contributed by atoms with Crippen molar-refractivity contribution in [2.45, 2.75) is 11.3 Å². The van der Waals surface area contributed by atoms with Crippen LogP contribution in [0.4, 0.5) is 4.79 Å². The van der Waals surface area contributed by atoms with Crippen LogP contribution in [0.25, 0.3) is 0 Å². The molecule has 1 amide bonds. The Labute approximate surface area is 103 Å². The van der Waals surface area contributed by atoms with Crippen molar-refractivity contribution in [2.75, 3.05) is 12.8 Å². The van der Waals surface area contributed by atoms with Gasteiger partial charge in [-0.05, 0) is 24.1 Å². The third kappa shape index (κ3) is 4.32. The molecule has 0 saturated heterocycles. The number of benzene rings is 1. The van der Waals surface area contributed by atoms with E-state index in [1.54, 1.807) is 24.3 Å². The summed E-state index contributed by atoms with van der Waals surface area (Å²) in [6.45, 7) is 0.516. The molecule has 4 nitrogen and oxygen atoms in total. The van der Waals surface area contributed by atoms with Crippen LogP contribution < -0.4 is 5.32 Å². The smallest absolute Gasteiger partial charge is 0.287 e. The average molecular weight is 306 g/mol. The van der Waals surface area contributed by atoms with Crippen molar-refractivity contribution in [2.24, 2.45) is 0 Å². The van der Waals surface area contributed by atoms with Crippen LogP contribution in [0.5, 0.6) is 0 Å². The van der Waals surface area contributed by atoms with Gasteiger partial charge in [0, 0.05) is 28.7 Å². The molecule has 1 aromatic carbocycles. The summed E-state index contributed by atoms with van der Waals surface area (Å²) in [4.78, 5) is 10.6. The number of hydrogen-bond acceptors (Lipinski definition) is 3. The highest BCUT2D eigenvalue weighted by Gasteiger charge is 2.05. The van der Waals surface area contributed by atoms with Gasteiger partial charge in [0.15, 0.2) is 9.84 Å². The Morgan fingerprint density at radius 1 is 1.31 bits per heavy atom. The van der Waals surface area contributed by atoms with Crippen LogP contribution in [0.3, 0.4) is 0 Å². The fourth-order valence-corrected chi connectivity index (χ4v) is 2.04. The molecule has 0 unspecified atom stereocenters. The zero-order valence-corrected chi connectivity index (χ0v) is 11.1. The SMILES string of the molecule is CS(=O)(=O)c1ccc(CCNC(=O)Br)cc1. The lowest BCUT2D eigenvalue weighted by Gasteiger charge is -2.03. The third-order valence-electron chi connectivity index (χ3n) is 2.03. The van der Waals surface area contributed by atoms with Gasteiger partial charge >= 0.3 is 0 Å². The fraction of sp³-hybridized carbons (Fsp3) is 0.300. The van der Waals surface area contributed by atoms with E-state index < -0.39 is 9.84 Å². The monoisotopic (exact) mass is 305 g/mol. The molecule has 0 saturated carbocycles. The van der Waals surface area contributed by atoms with Crippen LogP contribution in [0.2, 0.25) is 0 Å². The molecule has 0 aliphatic heterocycles. The van der Waals surface area contributed by atoms with Crippen molar-refractivity contribution in [3.05, 3.63) is 29.8 Å². The van der Waals surface area contributed by atoms with Crippen LogP contribution >= 0.6 is 15.9 Å². The zero-order valence-electron chi connectivity index (χ0n) is 8.73. The summed E-state index contributed by atoms with van der Waals surface area (Å²) in [7, 11) is -3.13. The molecule has 0 aliphatic carbocycles. The second kappa shape index (κ2) is 5.45. The van der Waals surface area contributed by atoms with Crippen LogP contribution in [0.15, 0.2) is 29.2 Å². The lowest BCUT2D eigenvalue weighted by atomic mass is 10.1. The Balaban J connectivity index is 2.62. The van der Waals surface area contributed by atoms with Gasteiger partial charge in [0.2, 0.25) is 0 Å². The molecule has 0 atom stereocenters. The van der Waals surface area contributed by atoms with Crippen molar-refractivity contribution in [1.82, 2.24) is 5.32 Å². The van der Waals surface area contributed by atoms with E-state index in [0.29, 0.717) is 17.9 Å². The van der Waals surface area contributed by atoms with Gasteiger partial charge in [-0.2, -0.15) is 0 Å². The molecule has 16 heavy (non-hydrogen) atoms. The second-order valence-corrected chi connectivity index (χ2v) is 6.10. The molecule has 88 valence electrons. The lowest BCUT2D eigenvalue weighted by molar-refractivity contribution is 0.262. The third-order valence-corrected chi connectivity index (χ3v) is 3.44. The summed E-state index contributed by atoms with van der Waals surface area (Å²) >= 11 is 2.76. The normalized spacial score (nSPS) is 11.1. The van der Waals surface area contributed by atoms with Gasteiger partial charge in [0.25, 0.3) is 4.82 Å². The predicted octanol–water partition coefficient (Wildman–Crippen LogP) is 1.74. The first-order valence-corrected chi connectivity index (χ1v) is 7.30. The molecule has 0 aromatic heterocycles. The van der Waals surface area contributed by atoms with E-state index in [4.69, 9.17) is 0 Å². The van der Waals surface area contributed by atoms with E-state index >= 15 is 0 Å². The highest BCUT2D eigenvalue weighted by atomic mass is 79.9. The molecule has 0 fully saturated rings. The molecule has 0 spiro atoms. The van der Waals surface area contributed by atoms with E-state index in [1.165, 1.54) is 6.26 Å². The standard InChI is InChI=1S/C10H12BrNO3S/c1-16(14,15)9-4-2-8(3-5-9)6-7-12-10(11)13/h2-5H,6-7H2,1H3,(H,12,13). The minimum Gasteiger partial charge on any atom is -0.346 e. The molecule has 0 bridgehead atoms. The maximum Gasteiger partial charge on any atom is 0.287 e. The highest BCUT2D eigenvalue weighted by molar-refractivity contribution is 9.18. The van der Waals surface area contributed by atoms with Crippen LogP contribution in [0.1, 0.15) is 5.56 Å². The molecular formula is C10H12BrNO3S. The molecule has 1 rings (SSSR count). The Kier molecular flexibility index (Phi) is 4.49. The van der Waals surface area contributed by atoms with Gasteiger partial charge < -0.3 is 5.32 Å². The quantitative estimate of drug-likeness (QED) is 0.681. The van der Waals surface area contributed by atoms with Gasteiger partial charge in [-0.15, -0.1) is 0 Å². The summed E-state index contributed by atoms with van der Waals surface area (Å²) in [6.07, 6.45) is 1.84. The Morgan fingerprint density at radius 2 is 1.88 bits per heavy atom. The second-order valence-electron chi connectivity index (χ2n) is 3.37. The van der Waals surface area contributed by atoms with E-state index in [-0.39, 0.29) is 4.82 Å². The molecule has 1 aromatic rings. The van der Waals surface area contributed by atoms with Gasteiger partial charge in [-0.25, -0.2) is 8.42 Å². The number of rotatable bonds is 4. The predicted molar refractivity (Wildman–Crippen MR) is 65.6 cm³/mol. The number of carbonyl (C=O) groups excluding carboxylic acids is 1. The summed E-state index contributed by atoms with van der Waals surface area (Å²) in [5, 5.41) is 2.60. The van der Waals surface area contributed by atoms with E-state index in [9.17, 15) is 13.2 Å². The number of nitrogens with one attached hydrogen (secondary N) is 1. The first kappa shape index (κ1) is 13.2. The minimum atomic E-state index is -3.13. The Hall–Kier alpha value is -0.880. The molecule has 0 aliphatic rings. The van der Waals surface area contributed by atoms with E-state index in [0.717, 1.165) is 5.56 Å². The summed E-state index contributed by atoms with van der Waals surface area (Å²) in [6, 6.07) is 6.63. The van der Waals surface area contributed by atoms with Crippen LogP contribution in [-0.2, 0) is 16.3 Å². The summed E-state index contributed by atoms with van der Waals surface area (Å²) in [5.41, 5.74) is 0.980. The number of halogens is 1. The Morgan fingerprint density at radius 3 is 2.31 bits per heavy atom. The summed E-state index contributed by atoms with van der Waals surface area (Å²) < 4.78 is 22.4. The van der Waals surface area contributed by atoms with Crippen molar-refractivity contribution < 1.29 is 13.2 Å². The number of hydrogen-bond donors (Lipinski definition) is 1. The summed E-state index contributed by atoms with van der Waals surface area (Å²) in [5.74, 6) is 0. The minimum absolute atomic E-state index is 0.250. The topological polar surface area (TPSA) is 63.2 Å². The van der Waals surface area contributed by atoms with Crippen LogP contribution in [-0.4, -0.2) is 26.0 Å². The molecular weight excluding hydrogens is 294 g/mol. The van der Waals surface area contributed by atoms with Crippen molar-refractivity contribution in [3.8, 4) is 0 Å². The van der Waals surface area contributed by atoms with Gasteiger partial charge in [-0.3, -0.25) is 4.79 Å². The van der Waals surface area contributed by atoms with E-state index in [1.807, 2.05) is 0 Å². The number of amides is 1. The fourth-order valence-electron chi connectivity index (χ4n) is 1.21.